The molecule has 36 heavy (non-hydrogen) atoms. The highest BCUT2D eigenvalue weighted by atomic mass is 16.4. The number of rotatable bonds is 9. The van der Waals surface area contributed by atoms with E-state index in [1.807, 2.05) is 44.2 Å². The fourth-order valence-corrected chi connectivity index (χ4v) is 3.29. The normalized spacial score (nSPS) is 11.5. The number of carboxylic acid groups (broad SMARTS) is 2. The Balaban J connectivity index is 0.00000145. The number of H-pyrrole nitrogens is 3. The molecule has 0 aliphatic heterocycles. The molecule has 3 rings (SSSR count). The van der Waals surface area contributed by atoms with Gasteiger partial charge in [0, 0.05) is 25.6 Å². The maximum absolute atomic E-state index is 12.9. The number of ketones is 1. The van der Waals surface area contributed by atoms with Crippen molar-refractivity contribution in [2.45, 2.75) is 32.6 Å². The number of nitrogens with one attached hydrogen (secondary N) is 4. The Labute approximate surface area is 205 Å². The molecule has 2 aromatic heterocycles. The SMILES string of the molecule is CC(CNC(=O)c1[nH]c(=O)c(C(=O)CC(C)(C)c2ccc(-c3ccn[nH]3)cc2)c[nH+]1)C(=O)O.O=C[O-]. The second-order valence-corrected chi connectivity index (χ2v) is 8.61. The van der Waals surface area contributed by atoms with Crippen LogP contribution in [0.1, 0.15) is 53.7 Å². The number of hydrogen-bond donors (Lipinski definition) is 4. The van der Waals surface area contributed by atoms with Crippen LogP contribution in [0.15, 0.2) is 47.5 Å². The number of carboxylic acids is 1. The molecule has 1 amide bonds. The first-order valence-corrected chi connectivity index (χ1v) is 10.8. The van der Waals surface area contributed by atoms with Gasteiger partial charge in [-0.05, 0) is 22.6 Å². The third-order valence-corrected chi connectivity index (χ3v) is 5.44. The lowest BCUT2D eigenvalue weighted by molar-refractivity contribution is -0.387. The van der Waals surface area contributed by atoms with Crippen molar-refractivity contribution in [1.82, 2.24) is 20.5 Å². The zero-order valence-corrected chi connectivity index (χ0v) is 20.0. The van der Waals surface area contributed by atoms with Gasteiger partial charge in [0.2, 0.25) is 0 Å². The van der Waals surface area contributed by atoms with Crippen LogP contribution in [0.4, 0.5) is 0 Å². The molecule has 0 aliphatic rings. The molecule has 12 nitrogen and oxygen atoms in total. The zero-order chi connectivity index (χ0) is 26.9. The maximum atomic E-state index is 12.9. The van der Waals surface area contributed by atoms with Gasteiger partial charge in [0.15, 0.2) is 5.78 Å². The molecule has 12 heteroatoms. The van der Waals surface area contributed by atoms with E-state index in [0.29, 0.717) is 0 Å². The van der Waals surface area contributed by atoms with Gasteiger partial charge in [-0.1, -0.05) is 45.0 Å². The van der Waals surface area contributed by atoms with Crippen LogP contribution < -0.4 is 21.0 Å². The van der Waals surface area contributed by atoms with Gasteiger partial charge in [0.25, 0.3) is 0 Å². The Morgan fingerprint density at radius 2 is 1.86 bits per heavy atom. The molecule has 5 N–H and O–H groups in total. The molecule has 3 aromatic rings. The van der Waals surface area contributed by atoms with E-state index in [1.165, 1.54) is 13.1 Å². The summed E-state index contributed by atoms with van der Waals surface area (Å²) in [4.78, 5) is 61.5. The second-order valence-electron chi connectivity index (χ2n) is 8.61. The minimum atomic E-state index is -1.05. The summed E-state index contributed by atoms with van der Waals surface area (Å²) in [6.07, 6.45) is 2.95. The fraction of sp³-hybridized carbons (Fsp3) is 0.292. The van der Waals surface area contributed by atoms with Crippen LogP contribution >= 0.6 is 0 Å². The van der Waals surface area contributed by atoms with Crippen molar-refractivity contribution in [2.75, 3.05) is 6.54 Å². The van der Waals surface area contributed by atoms with E-state index in [9.17, 15) is 19.2 Å². The first-order valence-electron chi connectivity index (χ1n) is 10.8. The lowest BCUT2D eigenvalue weighted by Crippen LogP contribution is -2.38. The third-order valence-electron chi connectivity index (χ3n) is 5.44. The van der Waals surface area contributed by atoms with Crippen molar-refractivity contribution in [3.05, 3.63) is 70.0 Å². The lowest BCUT2D eigenvalue weighted by atomic mass is 9.79. The van der Waals surface area contributed by atoms with E-state index >= 15 is 0 Å². The standard InChI is InChI=1S/C23H25N5O5.CH2O2/c1-13(22(32)33)11-25-21(31)19-24-12-16(20(30)27-19)18(29)10-23(2,3)15-6-4-14(5-7-15)17-8-9-26-28-17;2-1-3/h4-9,12-13H,10-11H2,1-3H3,(H,25,31)(H,26,28)(H,32,33)(H,24,27,30);1H,(H,2,3). The van der Waals surface area contributed by atoms with E-state index in [4.69, 9.17) is 15.0 Å². The van der Waals surface area contributed by atoms with Crippen LogP contribution in [-0.2, 0) is 15.0 Å². The van der Waals surface area contributed by atoms with Crippen molar-refractivity contribution in [2.24, 2.45) is 5.92 Å². The number of amides is 1. The maximum Gasteiger partial charge on any atom is 0.346 e. The van der Waals surface area contributed by atoms with E-state index in [1.54, 1.807) is 6.20 Å². The minimum absolute atomic E-state index is 0.0784. The van der Waals surface area contributed by atoms with Crippen molar-refractivity contribution in [1.29, 1.82) is 0 Å². The molecule has 0 aliphatic carbocycles. The van der Waals surface area contributed by atoms with Crippen LogP contribution in [0.3, 0.4) is 0 Å². The summed E-state index contributed by atoms with van der Waals surface area (Å²) < 4.78 is 0. The number of carbonyl (C=O) groups excluding carboxylic acids is 3. The zero-order valence-electron chi connectivity index (χ0n) is 20.0. The highest BCUT2D eigenvalue weighted by Gasteiger charge is 2.28. The highest BCUT2D eigenvalue weighted by molar-refractivity contribution is 5.96. The number of hydrogen-bond acceptors (Lipinski definition) is 7. The molecule has 0 radical (unpaired) electrons. The smallest absolute Gasteiger partial charge is 0.346 e. The highest BCUT2D eigenvalue weighted by Crippen LogP contribution is 2.29. The predicted octanol–water partition coefficient (Wildman–Crippen LogP) is -0.0537. The molecule has 0 fully saturated rings. The monoisotopic (exact) mass is 497 g/mol. The van der Waals surface area contributed by atoms with Crippen molar-refractivity contribution in [3.63, 3.8) is 0 Å². The number of aromatic amines is 3. The number of aromatic nitrogens is 4. The van der Waals surface area contributed by atoms with Gasteiger partial charge in [-0.2, -0.15) is 5.10 Å². The van der Waals surface area contributed by atoms with Gasteiger partial charge in [-0.3, -0.25) is 19.5 Å². The van der Waals surface area contributed by atoms with Gasteiger partial charge in [-0.25, -0.2) is 14.8 Å². The average molecular weight is 498 g/mol. The Kier molecular flexibility index (Phi) is 9.36. The molecule has 0 bridgehead atoms. The van der Waals surface area contributed by atoms with E-state index in [0.717, 1.165) is 16.8 Å². The summed E-state index contributed by atoms with van der Waals surface area (Å²) in [5, 5.41) is 26.4. The van der Waals surface area contributed by atoms with Gasteiger partial charge in [0.1, 0.15) is 11.8 Å². The first-order chi connectivity index (χ1) is 17.0. The molecular weight excluding hydrogens is 470 g/mol. The first kappa shape index (κ1) is 27.6. The predicted molar refractivity (Wildman–Crippen MR) is 125 cm³/mol. The molecule has 190 valence electrons. The number of aliphatic carboxylic acids is 1. The quantitative estimate of drug-likeness (QED) is 0.233. The summed E-state index contributed by atoms with van der Waals surface area (Å²) in [6, 6.07) is 9.61. The molecule has 1 aromatic carbocycles. The summed E-state index contributed by atoms with van der Waals surface area (Å²) in [5.74, 6) is -3.04. The molecule has 0 saturated carbocycles. The van der Waals surface area contributed by atoms with Crippen LogP contribution in [0.25, 0.3) is 11.3 Å². The average Bonchev–Trinajstić information content (AvgIpc) is 3.37. The summed E-state index contributed by atoms with van der Waals surface area (Å²) in [5.41, 5.74) is 1.46. The number of carbonyl (C=O) groups is 4. The minimum Gasteiger partial charge on any atom is -0.554 e. The van der Waals surface area contributed by atoms with Crippen LogP contribution in [0, 0.1) is 5.92 Å². The van der Waals surface area contributed by atoms with E-state index < -0.39 is 35.2 Å². The largest absolute Gasteiger partial charge is 0.554 e. The molecule has 2 heterocycles. The Hall–Kier alpha value is -4.61. The Morgan fingerprint density at radius 1 is 1.22 bits per heavy atom. The molecule has 1 atom stereocenters. The van der Waals surface area contributed by atoms with Crippen LogP contribution in [-0.4, -0.2) is 51.0 Å². The van der Waals surface area contributed by atoms with Gasteiger partial charge >= 0.3 is 23.3 Å². The van der Waals surface area contributed by atoms with E-state index in [2.05, 4.69) is 25.5 Å². The molecule has 0 saturated heterocycles. The fourth-order valence-electron chi connectivity index (χ4n) is 3.29. The summed E-state index contributed by atoms with van der Waals surface area (Å²) in [7, 11) is 0. The molecule has 0 spiro atoms. The number of nitrogens with zero attached hydrogens (tertiary/aromatic N) is 1. The Bertz CT molecular complexity index is 1260. The Morgan fingerprint density at radius 3 is 2.39 bits per heavy atom. The topological polar surface area (TPSA) is 199 Å². The summed E-state index contributed by atoms with van der Waals surface area (Å²) >= 11 is 0. The van der Waals surface area contributed by atoms with E-state index in [-0.39, 0.29) is 30.1 Å². The van der Waals surface area contributed by atoms with Crippen molar-refractivity contribution >= 4 is 24.1 Å². The van der Waals surface area contributed by atoms with Crippen molar-refractivity contribution in [3.8, 4) is 11.3 Å². The number of Topliss-reactive ketones (excluding diaryl/α,β-unsaturated/α-hetero) is 1. The van der Waals surface area contributed by atoms with Crippen LogP contribution in [0.5, 0.6) is 0 Å². The van der Waals surface area contributed by atoms with Gasteiger partial charge in [0.05, 0.1) is 11.6 Å². The molecule has 1 unspecified atom stereocenters. The summed E-state index contributed by atoms with van der Waals surface area (Å²) in [6.45, 7) is 4.68. The van der Waals surface area contributed by atoms with Crippen molar-refractivity contribution < 1.29 is 34.4 Å². The van der Waals surface area contributed by atoms with Crippen LogP contribution in [0.2, 0.25) is 0 Å². The van der Waals surface area contributed by atoms with Gasteiger partial charge in [-0.15, -0.1) is 0 Å². The lowest BCUT2D eigenvalue weighted by Gasteiger charge is -2.24. The third kappa shape index (κ3) is 7.19. The number of benzene rings is 1. The molecular formula is C24H27N5O7. The van der Waals surface area contributed by atoms with Gasteiger partial charge < -0.3 is 20.3 Å². The second kappa shape index (κ2) is 12.2.